The summed E-state index contributed by atoms with van der Waals surface area (Å²) in [5.41, 5.74) is 5.68. The van der Waals surface area contributed by atoms with Gasteiger partial charge in [-0.1, -0.05) is 6.58 Å². The van der Waals surface area contributed by atoms with Crippen LogP contribution >= 0.6 is 0 Å². The van der Waals surface area contributed by atoms with Crippen molar-refractivity contribution >= 4 is 34.5 Å². The Morgan fingerprint density at radius 1 is 1.56 bits per heavy atom. The third-order valence-electron chi connectivity index (χ3n) is 3.78. The molecule has 1 fully saturated rings. The fourth-order valence-electron chi connectivity index (χ4n) is 2.63. The van der Waals surface area contributed by atoms with E-state index in [0.717, 1.165) is 11.0 Å². The number of carbonyl (C=O) groups excluding carboxylic acids is 2. The molecule has 0 spiro atoms. The van der Waals surface area contributed by atoms with Gasteiger partial charge in [0.1, 0.15) is 12.1 Å². The largest absolute Gasteiger partial charge is 0.434 e. The number of oxazole rings is 1. The Kier molecular flexibility index (Phi) is 4.86. The number of amides is 2. The third-order valence-corrected chi connectivity index (χ3v) is 3.78. The van der Waals surface area contributed by atoms with Gasteiger partial charge in [0, 0.05) is 17.8 Å². The van der Waals surface area contributed by atoms with Gasteiger partial charge in [-0.2, -0.15) is 0 Å². The number of hydrogen-bond donors (Lipinski definition) is 2. The van der Waals surface area contributed by atoms with Gasteiger partial charge in [-0.25, -0.2) is 9.18 Å². The second kappa shape index (κ2) is 7.11. The number of allylic oxidation sites excluding steroid dienone is 1. The quantitative estimate of drug-likeness (QED) is 0.554. The van der Waals surface area contributed by atoms with E-state index < -0.39 is 23.9 Å². The van der Waals surface area contributed by atoms with Crippen molar-refractivity contribution in [1.82, 2.24) is 4.57 Å². The SMILES string of the molecule is C=C(C)n1/c(=N/OCCO)oc2cc(N3C[C@H](C(N)=O)OC3=O)cc(F)c21. The maximum absolute atomic E-state index is 14.8. The van der Waals surface area contributed by atoms with E-state index in [1.807, 2.05) is 0 Å². The van der Waals surface area contributed by atoms with Crippen LogP contribution in [0.15, 0.2) is 28.3 Å². The number of aromatic nitrogens is 1. The maximum Gasteiger partial charge on any atom is 0.415 e. The predicted molar refractivity (Wildman–Crippen MR) is 90.6 cm³/mol. The van der Waals surface area contributed by atoms with Crippen LogP contribution in [0.4, 0.5) is 14.9 Å². The number of nitrogens with two attached hydrogens (primary N) is 1. The lowest BCUT2D eigenvalue weighted by Gasteiger charge is -2.13. The minimum absolute atomic E-state index is 0.0385. The number of ether oxygens (including phenoxy) is 1. The summed E-state index contributed by atoms with van der Waals surface area (Å²) in [5, 5.41) is 12.5. The molecule has 1 aliphatic rings. The van der Waals surface area contributed by atoms with Crippen LogP contribution in [0.5, 0.6) is 0 Å². The number of cyclic esters (lactones) is 1. The third kappa shape index (κ3) is 3.36. The van der Waals surface area contributed by atoms with Crippen LogP contribution in [0.3, 0.4) is 0 Å². The molecule has 11 heteroatoms. The fraction of sp³-hybridized carbons (Fsp3) is 0.312. The van der Waals surface area contributed by atoms with Gasteiger partial charge in [0.25, 0.3) is 5.91 Å². The minimum Gasteiger partial charge on any atom is -0.434 e. The summed E-state index contributed by atoms with van der Waals surface area (Å²) >= 11 is 0. The van der Waals surface area contributed by atoms with E-state index in [9.17, 15) is 14.0 Å². The summed E-state index contributed by atoms with van der Waals surface area (Å²) in [4.78, 5) is 29.1. The lowest BCUT2D eigenvalue weighted by atomic mass is 10.2. The van der Waals surface area contributed by atoms with E-state index >= 15 is 0 Å². The molecule has 0 unspecified atom stereocenters. The summed E-state index contributed by atoms with van der Waals surface area (Å²) in [7, 11) is 0. The summed E-state index contributed by atoms with van der Waals surface area (Å²) in [6.45, 7) is 4.90. The number of rotatable bonds is 6. The van der Waals surface area contributed by atoms with E-state index in [0.29, 0.717) is 5.70 Å². The normalized spacial score (nSPS) is 17.4. The zero-order chi connectivity index (χ0) is 19.7. The first-order valence-corrected chi connectivity index (χ1v) is 7.88. The maximum atomic E-state index is 14.8. The molecule has 1 aromatic heterocycles. The summed E-state index contributed by atoms with van der Waals surface area (Å²) in [6.07, 6.45) is -1.95. The zero-order valence-electron chi connectivity index (χ0n) is 14.3. The number of anilines is 1. The number of primary amides is 1. The van der Waals surface area contributed by atoms with Crippen molar-refractivity contribution in [3.05, 3.63) is 30.2 Å². The highest BCUT2D eigenvalue weighted by Gasteiger charge is 2.36. The second-order valence-electron chi connectivity index (χ2n) is 5.76. The van der Waals surface area contributed by atoms with E-state index in [4.69, 9.17) is 24.8 Å². The topological polar surface area (TPSA) is 133 Å². The van der Waals surface area contributed by atoms with Crippen molar-refractivity contribution in [2.24, 2.45) is 10.9 Å². The van der Waals surface area contributed by atoms with E-state index in [1.54, 1.807) is 6.92 Å². The number of hydrogen-bond acceptors (Lipinski definition) is 7. The molecular weight excluding hydrogens is 363 g/mol. The molecule has 3 rings (SSSR count). The highest BCUT2D eigenvalue weighted by atomic mass is 19.1. The Balaban J connectivity index is 2.09. The van der Waals surface area contributed by atoms with Gasteiger partial charge < -0.3 is 24.8 Å². The summed E-state index contributed by atoms with van der Waals surface area (Å²) in [6, 6.07) is 2.49. The van der Waals surface area contributed by atoms with Crippen molar-refractivity contribution in [2.45, 2.75) is 13.0 Å². The smallest absolute Gasteiger partial charge is 0.415 e. The highest BCUT2D eigenvalue weighted by Crippen LogP contribution is 2.29. The van der Waals surface area contributed by atoms with Crippen molar-refractivity contribution in [3.8, 4) is 0 Å². The van der Waals surface area contributed by atoms with Crippen LogP contribution in [0.2, 0.25) is 0 Å². The molecule has 0 aliphatic carbocycles. The number of carbonyl (C=O) groups is 2. The number of benzene rings is 1. The molecule has 1 aliphatic heterocycles. The molecule has 2 amide bonds. The molecule has 144 valence electrons. The average molecular weight is 380 g/mol. The number of aliphatic hydroxyl groups is 1. The molecule has 1 saturated heterocycles. The molecule has 0 bridgehead atoms. The van der Waals surface area contributed by atoms with Gasteiger partial charge in [0.15, 0.2) is 17.5 Å². The van der Waals surface area contributed by atoms with Gasteiger partial charge in [-0.3, -0.25) is 14.3 Å². The van der Waals surface area contributed by atoms with Crippen molar-refractivity contribution in [1.29, 1.82) is 0 Å². The number of nitrogens with zero attached hydrogens (tertiary/aromatic N) is 3. The highest BCUT2D eigenvalue weighted by molar-refractivity contribution is 5.96. The molecule has 1 aromatic carbocycles. The first kappa shape index (κ1) is 18.5. The first-order valence-electron chi connectivity index (χ1n) is 7.88. The zero-order valence-corrected chi connectivity index (χ0v) is 14.3. The van der Waals surface area contributed by atoms with Gasteiger partial charge in [-0.05, 0) is 12.1 Å². The summed E-state index contributed by atoms with van der Waals surface area (Å²) < 4.78 is 26.5. The predicted octanol–water partition coefficient (Wildman–Crippen LogP) is 0.499. The van der Waals surface area contributed by atoms with Crippen LogP contribution in [0, 0.1) is 5.82 Å². The lowest BCUT2D eigenvalue weighted by molar-refractivity contribution is -0.124. The van der Waals surface area contributed by atoms with Crippen molar-refractivity contribution < 1.29 is 33.1 Å². The Labute approximate surface area is 151 Å². The molecule has 1 atom stereocenters. The molecule has 0 saturated carbocycles. The van der Waals surface area contributed by atoms with Gasteiger partial charge >= 0.3 is 11.8 Å². The Morgan fingerprint density at radius 3 is 2.89 bits per heavy atom. The molecule has 27 heavy (non-hydrogen) atoms. The second-order valence-corrected chi connectivity index (χ2v) is 5.76. The number of aliphatic hydroxyl groups excluding tert-OH is 1. The van der Waals surface area contributed by atoms with Gasteiger partial charge in [-0.15, -0.1) is 0 Å². The molecule has 2 aromatic rings. The van der Waals surface area contributed by atoms with Gasteiger partial charge in [0.2, 0.25) is 0 Å². The lowest BCUT2D eigenvalue weighted by Crippen LogP contribution is -2.32. The number of halogens is 1. The Morgan fingerprint density at radius 2 is 2.30 bits per heavy atom. The average Bonchev–Trinajstić information content (AvgIpc) is 3.16. The Hall–Kier alpha value is -3.34. The molecule has 2 heterocycles. The van der Waals surface area contributed by atoms with Crippen LogP contribution in [-0.4, -0.2) is 47.5 Å². The van der Waals surface area contributed by atoms with Gasteiger partial charge in [0.05, 0.1) is 18.8 Å². The Bertz CT molecular complexity index is 995. The minimum atomic E-state index is -1.12. The summed E-state index contributed by atoms with van der Waals surface area (Å²) in [5.74, 6) is -1.51. The first-order chi connectivity index (χ1) is 12.8. The van der Waals surface area contributed by atoms with Crippen LogP contribution in [-0.2, 0) is 14.4 Å². The fourth-order valence-corrected chi connectivity index (χ4v) is 2.63. The van der Waals surface area contributed by atoms with E-state index in [2.05, 4.69) is 11.7 Å². The van der Waals surface area contributed by atoms with Crippen LogP contribution in [0.1, 0.15) is 6.92 Å². The monoisotopic (exact) mass is 380 g/mol. The standard InChI is InChI=1S/C16H17FN4O6/c1-8(2)21-13-10(17)5-9(20-7-12(14(18)23)27-16(20)24)6-11(13)26-15(21)19-25-4-3-22/h5-6,12,22H,1,3-4,7H2,2H3,(H2,18,23)/b19-15-/t12-/m1/s1. The van der Waals surface area contributed by atoms with Crippen LogP contribution < -0.4 is 16.3 Å². The van der Waals surface area contributed by atoms with E-state index in [-0.39, 0.29) is 42.2 Å². The number of fused-ring (bicyclic) bond motifs is 1. The van der Waals surface area contributed by atoms with Crippen molar-refractivity contribution in [2.75, 3.05) is 24.7 Å². The van der Waals surface area contributed by atoms with Crippen LogP contribution in [0.25, 0.3) is 16.8 Å². The van der Waals surface area contributed by atoms with Crippen molar-refractivity contribution in [3.63, 3.8) is 0 Å². The van der Waals surface area contributed by atoms with E-state index in [1.165, 1.54) is 10.6 Å². The molecule has 3 N–H and O–H groups in total. The molecule has 10 nitrogen and oxygen atoms in total. The molecular formula is C16H17FN4O6. The molecule has 0 radical (unpaired) electrons.